The van der Waals surface area contributed by atoms with Crippen LogP contribution in [-0.4, -0.2) is 61.4 Å². The molecule has 25 heavy (non-hydrogen) atoms. The average Bonchev–Trinajstić information content (AvgIpc) is 2.56. The van der Waals surface area contributed by atoms with E-state index >= 15 is 0 Å². The standard InChI is InChI=1S/C18H28N2O4Si/c1-25(2,3)10-9-24-14-20-17(22)7-8-19(18(20)23)12-15-5-4-6-16(11-15)13-21/h4-6,11,13,18,23H,7-10,12,14H2,1-3H3. The Morgan fingerprint density at radius 1 is 1.36 bits per heavy atom. The van der Waals surface area contributed by atoms with Gasteiger partial charge in [0.25, 0.3) is 0 Å². The van der Waals surface area contributed by atoms with Crippen LogP contribution in [0.25, 0.3) is 0 Å². The van der Waals surface area contributed by atoms with Gasteiger partial charge in [-0.15, -0.1) is 0 Å². The summed E-state index contributed by atoms with van der Waals surface area (Å²) in [5.41, 5.74) is 1.53. The zero-order valence-electron chi connectivity index (χ0n) is 15.3. The number of nitrogens with zero attached hydrogens (tertiary/aromatic N) is 2. The van der Waals surface area contributed by atoms with Crippen molar-refractivity contribution in [1.29, 1.82) is 0 Å². The molecule has 0 aliphatic carbocycles. The molecule has 1 N–H and O–H groups in total. The summed E-state index contributed by atoms with van der Waals surface area (Å²) in [6.45, 7) is 8.48. The van der Waals surface area contributed by atoms with Crippen LogP contribution >= 0.6 is 0 Å². The van der Waals surface area contributed by atoms with Crippen LogP contribution in [-0.2, 0) is 16.1 Å². The van der Waals surface area contributed by atoms with Gasteiger partial charge in [-0.25, -0.2) is 0 Å². The van der Waals surface area contributed by atoms with Gasteiger partial charge in [0.15, 0.2) is 6.35 Å². The van der Waals surface area contributed by atoms with Gasteiger partial charge in [-0.1, -0.05) is 37.8 Å². The summed E-state index contributed by atoms with van der Waals surface area (Å²) in [6, 6.07) is 8.28. The number of aliphatic hydroxyl groups is 1. The van der Waals surface area contributed by atoms with Gasteiger partial charge in [0.05, 0.1) is 0 Å². The predicted molar refractivity (Wildman–Crippen MR) is 98.7 cm³/mol. The SMILES string of the molecule is C[Si](C)(C)CCOCN1C(=O)CCN(Cc2cccc(C=O)c2)C1O. The fourth-order valence-corrected chi connectivity index (χ4v) is 3.42. The molecule has 1 aliphatic rings. The molecule has 0 spiro atoms. The first kappa shape index (κ1) is 19.8. The zero-order chi connectivity index (χ0) is 18.4. The summed E-state index contributed by atoms with van der Waals surface area (Å²) in [5.74, 6) is -0.0987. The number of amides is 1. The Kier molecular flexibility index (Phi) is 6.89. The van der Waals surface area contributed by atoms with Gasteiger partial charge >= 0.3 is 0 Å². The molecule has 2 rings (SSSR count). The number of benzene rings is 1. The summed E-state index contributed by atoms with van der Waals surface area (Å²) < 4.78 is 5.63. The average molecular weight is 365 g/mol. The Morgan fingerprint density at radius 2 is 2.12 bits per heavy atom. The number of aliphatic hydroxyl groups excluding tert-OH is 1. The van der Waals surface area contributed by atoms with E-state index in [2.05, 4.69) is 19.6 Å². The quantitative estimate of drug-likeness (QED) is 0.435. The maximum atomic E-state index is 12.1. The minimum Gasteiger partial charge on any atom is -0.361 e. The molecule has 6 nitrogen and oxygen atoms in total. The van der Waals surface area contributed by atoms with E-state index in [1.54, 1.807) is 12.1 Å². The van der Waals surface area contributed by atoms with Crippen LogP contribution in [0.1, 0.15) is 22.3 Å². The molecule has 0 radical (unpaired) electrons. The van der Waals surface area contributed by atoms with Crippen LogP contribution in [0.4, 0.5) is 0 Å². The molecule has 1 aromatic carbocycles. The fraction of sp³-hybridized carbons (Fsp3) is 0.556. The van der Waals surface area contributed by atoms with Crippen LogP contribution in [0.2, 0.25) is 25.7 Å². The number of aldehydes is 1. The fourth-order valence-electron chi connectivity index (χ4n) is 2.66. The first-order valence-corrected chi connectivity index (χ1v) is 12.3. The largest absolute Gasteiger partial charge is 0.361 e. The molecular weight excluding hydrogens is 336 g/mol. The molecule has 7 heteroatoms. The number of ether oxygens (including phenoxy) is 1. The van der Waals surface area contributed by atoms with Crippen molar-refractivity contribution in [2.45, 2.75) is 45.0 Å². The van der Waals surface area contributed by atoms with Gasteiger partial charge < -0.3 is 9.84 Å². The molecule has 1 unspecified atom stereocenters. The maximum Gasteiger partial charge on any atom is 0.228 e. The normalized spacial score (nSPS) is 19.3. The van der Waals surface area contributed by atoms with Crippen LogP contribution in [0.5, 0.6) is 0 Å². The van der Waals surface area contributed by atoms with Gasteiger partial charge in [0, 0.05) is 39.8 Å². The Hall–Kier alpha value is -1.54. The van der Waals surface area contributed by atoms with Gasteiger partial charge in [-0.05, 0) is 17.7 Å². The van der Waals surface area contributed by atoms with Gasteiger partial charge in [0.1, 0.15) is 13.0 Å². The Bertz CT molecular complexity index is 603. The van der Waals surface area contributed by atoms with Crippen molar-refractivity contribution < 1.29 is 19.4 Å². The smallest absolute Gasteiger partial charge is 0.228 e. The lowest BCUT2D eigenvalue weighted by Gasteiger charge is -2.40. The van der Waals surface area contributed by atoms with Crippen molar-refractivity contribution in [1.82, 2.24) is 9.80 Å². The van der Waals surface area contributed by atoms with E-state index in [1.807, 2.05) is 17.0 Å². The Balaban J connectivity index is 1.92. The van der Waals surface area contributed by atoms with E-state index in [0.717, 1.165) is 17.9 Å². The van der Waals surface area contributed by atoms with Crippen LogP contribution in [0, 0.1) is 0 Å². The molecular formula is C18H28N2O4Si. The first-order chi connectivity index (χ1) is 11.8. The summed E-state index contributed by atoms with van der Waals surface area (Å²) in [6.07, 6.45) is 0.146. The molecule has 1 fully saturated rings. The minimum absolute atomic E-state index is 0.0987. The van der Waals surface area contributed by atoms with Gasteiger partial charge in [0.2, 0.25) is 5.91 Å². The Morgan fingerprint density at radius 3 is 2.80 bits per heavy atom. The molecule has 1 atom stereocenters. The maximum absolute atomic E-state index is 12.1. The second-order valence-electron chi connectivity index (χ2n) is 7.64. The third-order valence-electron chi connectivity index (χ3n) is 4.24. The molecule has 0 bridgehead atoms. The van der Waals surface area contributed by atoms with Gasteiger partial charge in [-0.2, -0.15) is 0 Å². The molecule has 1 heterocycles. The second-order valence-corrected chi connectivity index (χ2v) is 13.3. The molecule has 1 aliphatic heterocycles. The number of carbonyl (C=O) groups is 2. The molecule has 1 amide bonds. The van der Waals surface area contributed by atoms with Crippen LogP contribution < -0.4 is 0 Å². The molecule has 0 aromatic heterocycles. The van der Waals surface area contributed by atoms with E-state index in [9.17, 15) is 14.7 Å². The van der Waals surface area contributed by atoms with E-state index in [4.69, 9.17) is 4.74 Å². The van der Waals surface area contributed by atoms with Gasteiger partial charge in [-0.3, -0.25) is 19.4 Å². The highest BCUT2D eigenvalue weighted by Gasteiger charge is 2.32. The molecule has 1 saturated heterocycles. The van der Waals surface area contributed by atoms with Crippen molar-refractivity contribution in [2.24, 2.45) is 0 Å². The number of carbonyl (C=O) groups excluding carboxylic acids is 2. The highest BCUT2D eigenvalue weighted by atomic mass is 28.3. The summed E-state index contributed by atoms with van der Waals surface area (Å²) in [5, 5.41) is 10.5. The predicted octanol–water partition coefficient (Wildman–Crippen LogP) is 2.12. The lowest BCUT2D eigenvalue weighted by Crippen LogP contribution is -2.56. The molecule has 1 aromatic rings. The summed E-state index contributed by atoms with van der Waals surface area (Å²) in [7, 11) is -1.18. The molecule has 138 valence electrons. The van der Waals surface area contributed by atoms with Crippen molar-refractivity contribution in [3.8, 4) is 0 Å². The summed E-state index contributed by atoms with van der Waals surface area (Å²) in [4.78, 5) is 26.2. The number of hydrogen-bond donors (Lipinski definition) is 1. The molecule has 0 saturated carbocycles. The van der Waals surface area contributed by atoms with Crippen molar-refractivity contribution >= 4 is 20.3 Å². The summed E-state index contributed by atoms with van der Waals surface area (Å²) >= 11 is 0. The lowest BCUT2D eigenvalue weighted by atomic mass is 10.1. The Labute approximate surface area is 150 Å². The number of rotatable bonds is 8. The van der Waals surface area contributed by atoms with Crippen LogP contribution in [0.3, 0.4) is 0 Å². The van der Waals surface area contributed by atoms with E-state index in [0.29, 0.717) is 31.7 Å². The monoisotopic (exact) mass is 364 g/mol. The van der Waals surface area contributed by atoms with E-state index in [1.165, 1.54) is 4.90 Å². The topological polar surface area (TPSA) is 70.1 Å². The minimum atomic E-state index is -1.18. The third kappa shape index (κ3) is 6.04. The lowest BCUT2D eigenvalue weighted by molar-refractivity contribution is -0.189. The van der Waals surface area contributed by atoms with E-state index < -0.39 is 14.4 Å². The highest BCUT2D eigenvalue weighted by Crippen LogP contribution is 2.18. The first-order valence-electron chi connectivity index (χ1n) is 8.63. The van der Waals surface area contributed by atoms with Crippen molar-refractivity contribution in [2.75, 3.05) is 19.9 Å². The third-order valence-corrected chi connectivity index (χ3v) is 5.94. The highest BCUT2D eigenvalue weighted by molar-refractivity contribution is 6.76. The van der Waals surface area contributed by atoms with Crippen molar-refractivity contribution in [3.63, 3.8) is 0 Å². The van der Waals surface area contributed by atoms with Crippen LogP contribution in [0.15, 0.2) is 24.3 Å². The van der Waals surface area contributed by atoms with E-state index in [-0.39, 0.29) is 12.6 Å². The zero-order valence-corrected chi connectivity index (χ0v) is 16.3. The van der Waals surface area contributed by atoms with Crippen molar-refractivity contribution in [3.05, 3.63) is 35.4 Å². The second kappa shape index (κ2) is 8.71. The number of hydrogen-bond acceptors (Lipinski definition) is 5.